The summed E-state index contributed by atoms with van der Waals surface area (Å²) in [7, 11) is 1.36. The van der Waals surface area contributed by atoms with Crippen molar-refractivity contribution in [1.29, 1.82) is 0 Å². The number of nitrogens with zero attached hydrogens (tertiary/aromatic N) is 1. The zero-order valence-corrected chi connectivity index (χ0v) is 5.36. The molecular formula is C5H7BNO3. The van der Waals surface area contributed by atoms with Crippen molar-refractivity contribution in [3.63, 3.8) is 0 Å². The fourth-order valence-electron chi connectivity index (χ4n) is 0.877. The van der Waals surface area contributed by atoms with Crippen LogP contribution in [0.2, 0.25) is 0 Å². The molecule has 1 rings (SSSR count). The molecule has 1 heterocycles. The van der Waals surface area contributed by atoms with Gasteiger partial charge >= 0.3 is 5.97 Å². The number of carbonyl (C=O) groups excluding carboxylic acids is 1. The lowest BCUT2D eigenvalue weighted by atomic mass is 9.85. The number of rotatable bonds is 3. The SMILES string of the molecule is O=C[B]N1CC(C(=O)O)C1. The van der Waals surface area contributed by atoms with Crippen LogP contribution in [0.3, 0.4) is 0 Å². The van der Waals surface area contributed by atoms with Crippen molar-refractivity contribution in [3.8, 4) is 0 Å². The molecule has 0 amide bonds. The Balaban J connectivity index is 2.17. The van der Waals surface area contributed by atoms with Crippen LogP contribution in [0.4, 0.5) is 0 Å². The second-order valence-corrected chi connectivity index (χ2v) is 2.27. The van der Waals surface area contributed by atoms with Crippen molar-refractivity contribution in [1.82, 2.24) is 4.81 Å². The predicted molar refractivity (Wildman–Crippen MR) is 35.2 cm³/mol. The van der Waals surface area contributed by atoms with Crippen molar-refractivity contribution < 1.29 is 14.7 Å². The van der Waals surface area contributed by atoms with Gasteiger partial charge in [-0.25, -0.2) is 0 Å². The quantitative estimate of drug-likeness (QED) is 0.395. The van der Waals surface area contributed by atoms with E-state index in [-0.39, 0.29) is 5.92 Å². The van der Waals surface area contributed by atoms with Gasteiger partial charge in [0.2, 0.25) is 0 Å². The van der Waals surface area contributed by atoms with Crippen LogP contribution in [-0.4, -0.2) is 42.6 Å². The third-order valence-corrected chi connectivity index (χ3v) is 1.53. The molecule has 1 radical (unpaired) electrons. The third kappa shape index (κ3) is 1.36. The Morgan fingerprint density at radius 2 is 2.30 bits per heavy atom. The van der Waals surface area contributed by atoms with Gasteiger partial charge in [-0.2, -0.15) is 0 Å². The van der Waals surface area contributed by atoms with Gasteiger partial charge in [-0.3, -0.25) is 4.79 Å². The van der Waals surface area contributed by atoms with Crippen molar-refractivity contribution in [2.45, 2.75) is 0 Å². The fourth-order valence-corrected chi connectivity index (χ4v) is 0.877. The molecule has 0 aromatic rings. The summed E-state index contributed by atoms with van der Waals surface area (Å²) in [6.07, 6.45) is 0.665. The molecule has 0 bridgehead atoms. The van der Waals surface area contributed by atoms with Crippen LogP contribution in [-0.2, 0) is 9.59 Å². The van der Waals surface area contributed by atoms with Crippen molar-refractivity contribution in [3.05, 3.63) is 0 Å². The summed E-state index contributed by atoms with van der Waals surface area (Å²) in [5.41, 5.74) is 0. The van der Waals surface area contributed by atoms with Gasteiger partial charge in [-0.05, 0) is 0 Å². The lowest BCUT2D eigenvalue weighted by Crippen LogP contribution is -2.52. The maximum Gasteiger partial charge on any atom is 0.309 e. The van der Waals surface area contributed by atoms with Gasteiger partial charge < -0.3 is 14.7 Å². The first-order valence-electron chi connectivity index (χ1n) is 2.99. The molecule has 53 valence electrons. The normalized spacial score (nSPS) is 19.6. The Hall–Kier alpha value is -0.835. The molecule has 5 heteroatoms. The summed E-state index contributed by atoms with van der Waals surface area (Å²) in [5.74, 6) is -1.06. The summed E-state index contributed by atoms with van der Waals surface area (Å²) < 4.78 is 0. The maximum atomic E-state index is 10.2. The number of carboxylic acid groups (broad SMARTS) is 1. The Morgan fingerprint density at radius 1 is 1.70 bits per heavy atom. The summed E-state index contributed by atoms with van der Waals surface area (Å²) in [5, 5.41) is 8.39. The van der Waals surface area contributed by atoms with Gasteiger partial charge in [0.15, 0.2) is 0 Å². The highest BCUT2D eigenvalue weighted by molar-refractivity contribution is 6.64. The van der Waals surface area contributed by atoms with Crippen molar-refractivity contribution in [2.75, 3.05) is 13.1 Å². The molecule has 1 fully saturated rings. The van der Waals surface area contributed by atoms with E-state index in [4.69, 9.17) is 5.11 Å². The Bertz CT molecular complexity index is 155. The minimum atomic E-state index is -0.782. The van der Waals surface area contributed by atoms with Crippen LogP contribution in [0.1, 0.15) is 0 Å². The molecule has 0 unspecified atom stereocenters. The minimum Gasteiger partial charge on any atom is -0.481 e. The molecular weight excluding hydrogens is 133 g/mol. The molecule has 0 aromatic carbocycles. The number of carboxylic acids is 1. The second kappa shape index (κ2) is 2.83. The van der Waals surface area contributed by atoms with Crippen LogP contribution in [0.25, 0.3) is 0 Å². The van der Waals surface area contributed by atoms with E-state index >= 15 is 0 Å². The lowest BCUT2D eigenvalue weighted by Gasteiger charge is -2.34. The fraction of sp³-hybridized carbons (Fsp3) is 0.600. The Morgan fingerprint density at radius 3 is 2.70 bits per heavy atom. The van der Waals surface area contributed by atoms with E-state index in [2.05, 4.69) is 0 Å². The van der Waals surface area contributed by atoms with Crippen LogP contribution < -0.4 is 0 Å². The third-order valence-electron chi connectivity index (χ3n) is 1.53. The van der Waals surface area contributed by atoms with E-state index in [0.717, 1.165) is 0 Å². The molecule has 4 nitrogen and oxygen atoms in total. The van der Waals surface area contributed by atoms with Crippen molar-refractivity contribution >= 4 is 19.6 Å². The van der Waals surface area contributed by atoms with Gasteiger partial charge in [-0.1, -0.05) is 0 Å². The average molecular weight is 140 g/mol. The van der Waals surface area contributed by atoms with Gasteiger partial charge in [0.25, 0.3) is 7.41 Å². The van der Waals surface area contributed by atoms with Gasteiger partial charge in [0.1, 0.15) is 0 Å². The zero-order chi connectivity index (χ0) is 7.56. The predicted octanol–water partition coefficient (Wildman–Crippen LogP) is -1.19. The number of hydrogen-bond acceptors (Lipinski definition) is 3. The largest absolute Gasteiger partial charge is 0.481 e. The molecule has 1 saturated heterocycles. The molecule has 10 heavy (non-hydrogen) atoms. The number of hydrogen-bond donors (Lipinski definition) is 1. The highest BCUT2D eigenvalue weighted by Crippen LogP contribution is 2.12. The first kappa shape index (κ1) is 7.27. The summed E-state index contributed by atoms with van der Waals surface area (Å²) in [4.78, 5) is 21.7. The highest BCUT2D eigenvalue weighted by Gasteiger charge is 2.31. The van der Waals surface area contributed by atoms with E-state index in [1.165, 1.54) is 7.41 Å². The molecule has 0 aliphatic carbocycles. The summed E-state index contributed by atoms with van der Waals surface area (Å²) >= 11 is 0. The molecule has 1 aliphatic heterocycles. The average Bonchev–Trinajstić information content (AvgIpc) is 1.76. The van der Waals surface area contributed by atoms with E-state index < -0.39 is 5.97 Å². The first-order chi connectivity index (χ1) is 4.74. The van der Waals surface area contributed by atoms with Gasteiger partial charge in [-0.15, -0.1) is 0 Å². The lowest BCUT2D eigenvalue weighted by molar-refractivity contribution is -0.145. The molecule has 0 spiro atoms. The number of carbonyl (C=O) groups is 2. The Labute approximate surface area is 59.1 Å². The highest BCUT2D eigenvalue weighted by atomic mass is 16.4. The van der Waals surface area contributed by atoms with Gasteiger partial charge in [0.05, 0.1) is 12.1 Å². The summed E-state index contributed by atoms with van der Waals surface area (Å²) in [6.45, 7) is 0.933. The molecule has 1 aliphatic rings. The zero-order valence-electron chi connectivity index (χ0n) is 5.36. The van der Waals surface area contributed by atoms with E-state index in [1.54, 1.807) is 4.81 Å². The van der Waals surface area contributed by atoms with Crippen LogP contribution in [0.5, 0.6) is 0 Å². The molecule has 0 aromatic heterocycles. The van der Waals surface area contributed by atoms with Crippen LogP contribution in [0.15, 0.2) is 0 Å². The molecule has 1 N–H and O–H groups in total. The van der Waals surface area contributed by atoms with E-state index in [1.807, 2.05) is 0 Å². The van der Waals surface area contributed by atoms with Crippen LogP contribution >= 0.6 is 0 Å². The topological polar surface area (TPSA) is 57.6 Å². The van der Waals surface area contributed by atoms with E-state index in [0.29, 0.717) is 19.3 Å². The Kier molecular flexibility index (Phi) is 2.06. The summed E-state index contributed by atoms with van der Waals surface area (Å²) in [6, 6.07) is 0. The standard InChI is InChI=1S/C5H7BNO3/c8-3-6-7-1-4(2-7)5(9)10/h3-4H,1-2H2,(H,9,10). The number of aliphatic carboxylic acids is 1. The van der Waals surface area contributed by atoms with Crippen LogP contribution in [0, 0.1) is 5.92 Å². The second-order valence-electron chi connectivity index (χ2n) is 2.27. The maximum absolute atomic E-state index is 10.2. The minimum absolute atomic E-state index is 0.281. The van der Waals surface area contributed by atoms with Crippen molar-refractivity contribution in [2.24, 2.45) is 5.92 Å². The van der Waals surface area contributed by atoms with Gasteiger partial charge in [0, 0.05) is 13.1 Å². The smallest absolute Gasteiger partial charge is 0.309 e. The van der Waals surface area contributed by atoms with E-state index in [9.17, 15) is 9.59 Å². The molecule has 0 saturated carbocycles. The molecule has 0 atom stereocenters. The monoisotopic (exact) mass is 140 g/mol. The first-order valence-corrected chi connectivity index (χ1v) is 2.99.